The average molecular weight is 234 g/mol. The molecule has 0 saturated carbocycles. The van der Waals surface area contributed by atoms with Gasteiger partial charge in [-0.15, -0.1) is 0 Å². The fourth-order valence-electron chi connectivity index (χ4n) is 1.72. The summed E-state index contributed by atoms with van der Waals surface area (Å²) in [7, 11) is 1.59. The van der Waals surface area contributed by atoms with Crippen LogP contribution in [0.5, 0.6) is 0 Å². The van der Waals surface area contributed by atoms with Gasteiger partial charge in [0.05, 0.1) is 0 Å². The maximum Gasteiger partial charge on any atom is 0.236 e. The van der Waals surface area contributed by atoms with E-state index in [-0.39, 0.29) is 5.91 Å². The molecule has 2 N–H and O–H groups in total. The third kappa shape index (κ3) is 5.00. The van der Waals surface area contributed by atoms with Crippen molar-refractivity contribution in [2.45, 2.75) is 39.0 Å². The molecule has 0 saturated heterocycles. The molecule has 0 fully saturated rings. The molecule has 94 valence electrons. The number of amides is 1. The molecule has 0 aliphatic rings. The van der Waals surface area contributed by atoms with E-state index in [4.69, 9.17) is 5.84 Å². The fraction of sp³-hybridized carbons (Fsp3) is 0.500. The number of carbonyl (C=O) groups excluding carboxylic acids is 1. The number of hydrogen-bond donors (Lipinski definition) is 1. The van der Waals surface area contributed by atoms with Crippen molar-refractivity contribution >= 4 is 5.91 Å². The summed E-state index contributed by atoms with van der Waals surface area (Å²) in [6.45, 7) is 2.16. The van der Waals surface area contributed by atoms with Crippen LogP contribution in [0.3, 0.4) is 0 Å². The maximum atomic E-state index is 11.2. The molecule has 0 unspecified atom stereocenters. The van der Waals surface area contributed by atoms with Gasteiger partial charge in [0.2, 0.25) is 5.91 Å². The Morgan fingerprint density at radius 1 is 1.18 bits per heavy atom. The van der Waals surface area contributed by atoms with Gasteiger partial charge in [-0.05, 0) is 36.8 Å². The molecule has 1 amide bonds. The second-order valence-electron chi connectivity index (χ2n) is 4.38. The first kappa shape index (κ1) is 13.7. The molecule has 0 atom stereocenters. The molecule has 0 spiro atoms. The number of nitrogens with two attached hydrogens (primary N) is 1. The Balaban J connectivity index is 2.24. The molecule has 0 heterocycles. The molecular formula is C14H22N2O. The number of nitrogens with zero attached hydrogens (tertiary/aromatic N) is 1. The zero-order valence-corrected chi connectivity index (χ0v) is 10.8. The van der Waals surface area contributed by atoms with Gasteiger partial charge in [0, 0.05) is 13.5 Å². The smallest absolute Gasteiger partial charge is 0.236 e. The minimum absolute atomic E-state index is 0.00586. The van der Waals surface area contributed by atoms with E-state index in [2.05, 4.69) is 31.2 Å². The van der Waals surface area contributed by atoms with Crippen molar-refractivity contribution in [2.75, 3.05) is 7.05 Å². The van der Waals surface area contributed by atoms with Gasteiger partial charge >= 0.3 is 0 Å². The monoisotopic (exact) mass is 234 g/mol. The van der Waals surface area contributed by atoms with Gasteiger partial charge in [0.1, 0.15) is 0 Å². The van der Waals surface area contributed by atoms with Gasteiger partial charge in [-0.25, -0.2) is 5.84 Å². The van der Waals surface area contributed by atoms with Crippen LogP contribution in [0.2, 0.25) is 0 Å². The molecule has 0 aliphatic carbocycles. The highest BCUT2D eigenvalue weighted by Crippen LogP contribution is 2.09. The minimum Gasteiger partial charge on any atom is -0.284 e. The van der Waals surface area contributed by atoms with Crippen LogP contribution in [0.1, 0.15) is 37.3 Å². The molecule has 0 aromatic heterocycles. The lowest BCUT2D eigenvalue weighted by molar-refractivity contribution is -0.130. The van der Waals surface area contributed by atoms with Crippen LogP contribution in [0.4, 0.5) is 0 Å². The quantitative estimate of drug-likeness (QED) is 0.355. The molecule has 0 radical (unpaired) electrons. The van der Waals surface area contributed by atoms with Crippen LogP contribution in [0, 0.1) is 0 Å². The van der Waals surface area contributed by atoms with E-state index in [0.717, 1.165) is 30.7 Å². The minimum atomic E-state index is 0.00586. The van der Waals surface area contributed by atoms with E-state index >= 15 is 0 Å². The Bertz CT molecular complexity index is 344. The Hall–Kier alpha value is -1.35. The van der Waals surface area contributed by atoms with Gasteiger partial charge in [-0.1, -0.05) is 31.2 Å². The third-order valence-electron chi connectivity index (χ3n) is 2.93. The molecule has 3 heteroatoms. The van der Waals surface area contributed by atoms with Crippen LogP contribution in [0.15, 0.2) is 24.3 Å². The van der Waals surface area contributed by atoms with Crippen molar-refractivity contribution in [3.8, 4) is 0 Å². The van der Waals surface area contributed by atoms with E-state index in [1.54, 1.807) is 7.05 Å². The predicted octanol–water partition coefficient (Wildman–Crippen LogP) is 2.29. The molecule has 1 aromatic rings. The van der Waals surface area contributed by atoms with Crippen molar-refractivity contribution in [3.05, 3.63) is 35.4 Å². The molecule has 0 bridgehead atoms. The topological polar surface area (TPSA) is 46.3 Å². The second kappa shape index (κ2) is 7.07. The number of benzene rings is 1. The van der Waals surface area contributed by atoms with Gasteiger partial charge in [0.25, 0.3) is 0 Å². The van der Waals surface area contributed by atoms with Crippen molar-refractivity contribution in [1.82, 2.24) is 5.01 Å². The van der Waals surface area contributed by atoms with Crippen LogP contribution in [-0.2, 0) is 17.6 Å². The zero-order chi connectivity index (χ0) is 12.7. The first-order valence-electron chi connectivity index (χ1n) is 6.22. The zero-order valence-electron chi connectivity index (χ0n) is 10.8. The lowest BCUT2D eigenvalue weighted by Gasteiger charge is -2.09. The molecule has 1 aromatic carbocycles. The van der Waals surface area contributed by atoms with Crippen molar-refractivity contribution in [3.63, 3.8) is 0 Å². The van der Waals surface area contributed by atoms with Crippen molar-refractivity contribution < 1.29 is 4.79 Å². The largest absolute Gasteiger partial charge is 0.284 e. The highest BCUT2D eigenvalue weighted by atomic mass is 16.2. The number of carbonyl (C=O) groups is 1. The number of hydrazine groups is 1. The van der Waals surface area contributed by atoms with E-state index in [9.17, 15) is 4.79 Å². The SMILES string of the molecule is CCc1ccc(CCCCC(=O)N(C)N)cc1. The van der Waals surface area contributed by atoms with Gasteiger partial charge in [-0.2, -0.15) is 0 Å². The lowest BCUT2D eigenvalue weighted by Crippen LogP contribution is -2.32. The van der Waals surface area contributed by atoms with Gasteiger partial charge in [-0.3, -0.25) is 9.80 Å². The van der Waals surface area contributed by atoms with E-state index < -0.39 is 0 Å². The maximum absolute atomic E-state index is 11.2. The van der Waals surface area contributed by atoms with Gasteiger partial charge in [0.15, 0.2) is 0 Å². The fourth-order valence-corrected chi connectivity index (χ4v) is 1.72. The predicted molar refractivity (Wildman–Crippen MR) is 70.3 cm³/mol. The third-order valence-corrected chi connectivity index (χ3v) is 2.93. The van der Waals surface area contributed by atoms with E-state index in [1.165, 1.54) is 11.1 Å². The summed E-state index contributed by atoms with van der Waals surface area (Å²) in [6, 6.07) is 8.70. The Morgan fingerprint density at radius 2 is 1.76 bits per heavy atom. The van der Waals surface area contributed by atoms with Crippen LogP contribution in [-0.4, -0.2) is 18.0 Å². The van der Waals surface area contributed by atoms with Crippen molar-refractivity contribution in [2.24, 2.45) is 5.84 Å². The van der Waals surface area contributed by atoms with Gasteiger partial charge < -0.3 is 0 Å². The summed E-state index contributed by atoms with van der Waals surface area (Å²) in [5.41, 5.74) is 2.71. The Labute approximate surface area is 104 Å². The standard InChI is InChI=1S/C14H22N2O/c1-3-12-8-10-13(11-9-12)6-4-5-7-14(17)16(2)15/h8-11H,3-7,15H2,1-2H3. The summed E-state index contributed by atoms with van der Waals surface area (Å²) >= 11 is 0. The summed E-state index contributed by atoms with van der Waals surface area (Å²) < 4.78 is 0. The Morgan fingerprint density at radius 3 is 2.29 bits per heavy atom. The normalized spacial score (nSPS) is 10.3. The second-order valence-corrected chi connectivity index (χ2v) is 4.38. The van der Waals surface area contributed by atoms with Crippen LogP contribution in [0.25, 0.3) is 0 Å². The van der Waals surface area contributed by atoms with Crippen LogP contribution >= 0.6 is 0 Å². The first-order valence-corrected chi connectivity index (χ1v) is 6.22. The number of aryl methyl sites for hydroxylation is 2. The first-order chi connectivity index (χ1) is 8.13. The molecule has 0 aliphatic heterocycles. The molecule has 17 heavy (non-hydrogen) atoms. The molecular weight excluding hydrogens is 212 g/mol. The summed E-state index contributed by atoms with van der Waals surface area (Å²) in [4.78, 5) is 11.2. The van der Waals surface area contributed by atoms with E-state index in [0.29, 0.717) is 6.42 Å². The summed E-state index contributed by atoms with van der Waals surface area (Å²) in [5.74, 6) is 5.35. The number of hydrogen-bond acceptors (Lipinski definition) is 2. The molecule has 1 rings (SSSR count). The average Bonchev–Trinajstić information content (AvgIpc) is 2.35. The highest BCUT2D eigenvalue weighted by molar-refractivity contribution is 5.75. The molecule has 3 nitrogen and oxygen atoms in total. The van der Waals surface area contributed by atoms with E-state index in [1.807, 2.05) is 0 Å². The lowest BCUT2D eigenvalue weighted by atomic mass is 10.0. The Kier molecular flexibility index (Phi) is 5.70. The van der Waals surface area contributed by atoms with Crippen LogP contribution < -0.4 is 5.84 Å². The summed E-state index contributed by atoms with van der Waals surface area (Å²) in [6.07, 6.45) is 4.59. The number of unbranched alkanes of at least 4 members (excludes halogenated alkanes) is 1. The van der Waals surface area contributed by atoms with Crippen molar-refractivity contribution in [1.29, 1.82) is 0 Å². The highest BCUT2D eigenvalue weighted by Gasteiger charge is 2.03. The summed E-state index contributed by atoms with van der Waals surface area (Å²) in [5, 5.41) is 1.16. The number of rotatable bonds is 6.